The van der Waals surface area contributed by atoms with E-state index in [2.05, 4.69) is 21.8 Å². The van der Waals surface area contributed by atoms with E-state index in [1.165, 1.54) is 18.4 Å². The number of carbonyl (C=O) groups is 1. The van der Waals surface area contributed by atoms with Crippen LogP contribution in [-0.4, -0.2) is 16.1 Å². The van der Waals surface area contributed by atoms with Crippen molar-refractivity contribution >= 4 is 11.9 Å². The van der Waals surface area contributed by atoms with Crippen molar-refractivity contribution in [2.45, 2.75) is 0 Å². The van der Waals surface area contributed by atoms with Crippen molar-refractivity contribution in [1.29, 1.82) is 0 Å². The first-order chi connectivity index (χ1) is 8.83. The SMILES string of the molecule is O=C(Nc1nnc(-c2ccco2)o1)c1cc[c-]o1.[Y]. The van der Waals surface area contributed by atoms with Gasteiger partial charge in [-0.3, -0.25) is 10.1 Å². The summed E-state index contributed by atoms with van der Waals surface area (Å²) in [5.41, 5.74) is 0. The van der Waals surface area contributed by atoms with Gasteiger partial charge in [0.25, 0.3) is 5.89 Å². The molecule has 1 radical (unpaired) electrons. The molecule has 0 unspecified atom stereocenters. The summed E-state index contributed by atoms with van der Waals surface area (Å²) < 4.78 is 15.1. The zero-order valence-corrected chi connectivity index (χ0v) is 12.3. The molecule has 0 fully saturated rings. The molecule has 93 valence electrons. The van der Waals surface area contributed by atoms with E-state index in [1.54, 1.807) is 12.1 Å². The van der Waals surface area contributed by atoms with Gasteiger partial charge in [-0.15, -0.1) is 11.2 Å². The molecule has 0 spiro atoms. The molecule has 0 atom stereocenters. The standard InChI is InChI=1S/C11H6N3O4.Y/c15-9(7-3-1-5-16-7)12-11-14-13-10(18-11)8-4-2-6-17-8;/h1-4,6H,(H,12,14,15);/q-1;. The first-order valence-corrected chi connectivity index (χ1v) is 4.97. The zero-order valence-electron chi connectivity index (χ0n) is 9.49. The van der Waals surface area contributed by atoms with Gasteiger partial charge in [0.15, 0.2) is 5.76 Å². The fourth-order valence-electron chi connectivity index (χ4n) is 1.30. The summed E-state index contributed by atoms with van der Waals surface area (Å²) in [5, 5.41) is 9.78. The van der Waals surface area contributed by atoms with Gasteiger partial charge in [0.2, 0.25) is 5.91 Å². The molecule has 3 rings (SSSR count). The van der Waals surface area contributed by atoms with Gasteiger partial charge in [0.05, 0.1) is 6.26 Å². The van der Waals surface area contributed by atoms with Crippen LogP contribution >= 0.6 is 0 Å². The van der Waals surface area contributed by atoms with Gasteiger partial charge in [-0.1, -0.05) is 5.10 Å². The molecular weight excluding hydrogens is 327 g/mol. The monoisotopic (exact) mass is 333 g/mol. The van der Waals surface area contributed by atoms with Crippen LogP contribution in [0.15, 0.2) is 43.8 Å². The Morgan fingerprint density at radius 2 is 2.21 bits per heavy atom. The van der Waals surface area contributed by atoms with Crippen LogP contribution in [0.4, 0.5) is 6.01 Å². The quantitative estimate of drug-likeness (QED) is 0.737. The van der Waals surface area contributed by atoms with Crippen LogP contribution in [0.1, 0.15) is 10.6 Å². The number of hydrogen-bond acceptors (Lipinski definition) is 6. The predicted molar refractivity (Wildman–Crippen MR) is 57.5 cm³/mol. The van der Waals surface area contributed by atoms with Crippen molar-refractivity contribution in [2.24, 2.45) is 0 Å². The normalized spacial score (nSPS) is 9.89. The maximum absolute atomic E-state index is 11.6. The summed E-state index contributed by atoms with van der Waals surface area (Å²) in [7, 11) is 0. The summed E-state index contributed by atoms with van der Waals surface area (Å²) in [5.74, 6) is 0.217. The van der Waals surface area contributed by atoms with Gasteiger partial charge in [-0.2, -0.15) is 6.07 Å². The molecule has 19 heavy (non-hydrogen) atoms. The summed E-state index contributed by atoms with van der Waals surface area (Å²) in [6.45, 7) is 0. The summed E-state index contributed by atoms with van der Waals surface area (Å²) in [6.07, 6.45) is 3.89. The van der Waals surface area contributed by atoms with E-state index in [1.807, 2.05) is 0 Å². The molecule has 3 heterocycles. The average Bonchev–Trinajstić information content (AvgIpc) is 3.12. The van der Waals surface area contributed by atoms with Crippen molar-refractivity contribution in [3.63, 3.8) is 0 Å². The van der Waals surface area contributed by atoms with Gasteiger partial charge >= 0.3 is 6.01 Å². The summed E-state index contributed by atoms with van der Waals surface area (Å²) in [4.78, 5) is 11.6. The molecule has 0 aliphatic carbocycles. The Morgan fingerprint density at radius 1 is 1.32 bits per heavy atom. The van der Waals surface area contributed by atoms with E-state index in [4.69, 9.17) is 13.3 Å². The number of furan rings is 2. The second-order valence-electron chi connectivity index (χ2n) is 3.26. The van der Waals surface area contributed by atoms with Crippen LogP contribution in [-0.2, 0) is 32.7 Å². The second kappa shape index (κ2) is 5.94. The van der Waals surface area contributed by atoms with Gasteiger partial charge in [-0.05, 0) is 18.4 Å². The van der Waals surface area contributed by atoms with Crippen molar-refractivity contribution < 1.29 is 50.8 Å². The first kappa shape index (κ1) is 13.7. The maximum atomic E-state index is 11.6. The number of aromatic nitrogens is 2. The number of nitrogens with one attached hydrogen (secondary N) is 1. The van der Waals surface area contributed by atoms with Crippen molar-refractivity contribution in [3.05, 3.63) is 42.6 Å². The molecule has 1 amide bonds. The molecule has 0 saturated carbocycles. The second-order valence-corrected chi connectivity index (χ2v) is 3.26. The number of rotatable bonds is 3. The molecule has 0 aromatic carbocycles. The summed E-state index contributed by atoms with van der Waals surface area (Å²) >= 11 is 0. The third kappa shape index (κ3) is 2.99. The van der Waals surface area contributed by atoms with Crippen molar-refractivity contribution in [2.75, 3.05) is 5.32 Å². The van der Waals surface area contributed by atoms with E-state index in [-0.39, 0.29) is 50.4 Å². The molecule has 1 N–H and O–H groups in total. The van der Waals surface area contributed by atoms with E-state index in [0.29, 0.717) is 5.76 Å². The zero-order chi connectivity index (χ0) is 12.4. The van der Waals surface area contributed by atoms with E-state index in [0.717, 1.165) is 0 Å². The Balaban J connectivity index is 0.00000133. The Labute approximate surface area is 132 Å². The molecule has 0 bridgehead atoms. The molecule has 7 nitrogen and oxygen atoms in total. The minimum Gasteiger partial charge on any atom is -0.586 e. The fraction of sp³-hybridized carbons (Fsp3) is 0. The number of carbonyl (C=O) groups excluding carboxylic acids is 1. The number of hydrogen-bond donors (Lipinski definition) is 1. The van der Waals surface area contributed by atoms with E-state index >= 15 is 0 Å². The Hall–Kier alpha value is -1.73. The van der Waals surface area contributed by atoms with Crippen LogP contribution in [0.3, 0.4) is 0 Å². The average molecular weight is 333 g/mol. The Bertz CT molecular complexity index is 645. The molecule has 0 aliphatic heterocycles. The van der Waals surface area contributed by atoms with Gasteiger partial charge in [0, 0.05) is 38.5 Å². The minimum atomic E-state index is -0.495. The number of amides is 1. The third-order valence-corrected chi connectivity index (χ3v) is 2.07. The largest absolute Gasteiger partial charge is 0.586 e. The molecule has 3 aromatic rings. The number of nitrogens with zero attached hydrogens (tertiary/aromatic N) is 2. The van der Waals surface area contributed by atoms with E-state index in [9.17, 15) is 4.79 Å². The smallest absolute Gasteiger partial charge is 0.322 e. The van der Waals surface area contributed by atoms with Gasteiger partial charge in [-0.25, -0.2) is 0 Å². The van der Waals surface area contributed by atoms with Crippen LogP contribution in [0.25, 0.3) is 11.7 Å². The van der Waals surface area contributed by atoms with Crippen LogP contribution in [0.5, 0.6) is 0 Å². The minimum absolute atomic E-state index is 0. The van der Waals surface area contributed by atoms with Gasteiger partial charge < -0.3 is 13.3 Å². The maximum Gasteiger partial charge on any atom is 0.322 e. The molecular formula is C11H6N3O4Y-. The van der Waals surface area contributed by atoms with Crippen LogP contribution in [0.2, 0.25) is 0 Å². The van der Waals surface area contributed by atoms with Crippen molar-refractivity contribution in [3.8, 4) is 11.7 Å². The Morgan fingerprint density at radius 3 is 2.89 bits per heavy atom. The number of anilines is 1. The molecule has 8 heteroatoms. The van der Waals surface area contributed by atoms with Crippen LogP contribution in [0, 0.1) is 6.26 Å². The topological polar surface area (TPSA) is 94.3 Å². The van der Waals surface area contributed by atoms with Crippen molar-refractivity contribution in [1.82, 2.24) is 10.2 Å². The molecule has 0 aliphatic rings. The first-order valence-electron chi connectivity index (χ1n) is 4.97. The third-order valence-electron chi connectivity index (χ3n) is 2.07. The van der Waals surface area contributed by atoms with Crippen LogP contribution < -0.4 is 5.32 Å². The Kier molecular flexibility index (Phi) is 4.29. The molecule has 0 saturated heterocycles. The predicted octanol–water partition coefficient (Wildman–Crippen LogP) is 1.97. The molecule has 3 aromatic heterocycles. The fourth-order valence-corrected chi connectivity index (χ4v) is 1.30. The van der Waals surface area contributed by atoms with E-state index < -0.39 is 5.91 Å². The summed E-state index contributed by atoms with van der Waals surface area (Å²) in [6, 6.07) is 6.27. The van der Waals surface area contributed by atoms with Gasteiger partial charge in [0.1, 0.15) is 0 Å².